The fraction of sp³-hybridized carbons (Fsp3) is 0.611. The molecule has 1 fully saturated rings. The van der Waals surface area contributed by atoms with Gasteiger partial charge in [-0.15, -0.1) is 0 Å². The van der Waals surface area contributed by atoms with E-state index in [-0.39, 0.29) is 5.82 Å². The summed E-state index contributed by atoms with van der Waals surface area (Å²) >= 11 is 0. The molecule has 2 rings (SSSR count). The van der Waals surface area contributed by atoms with Gasteiger partial charge in [0.15, 0.2) is 5.96 Å². The normalized spacial score (nSPS) is 16.5. The Labute approximate surface area is 144 Å². The van der Waals surface area contributed by atoms with Crippen molar-refractivity contribution in [3.8, 4) is 0 Å². The Morgan fingerprint density at radius 3 is 2.46 bits per heavy atom. The van der Waals surface area contributed by atoms with Gasteiger partial charge in [0.05, 0.1) is 5.69 Å². The minimum absolute atomic E-state index is 0.132. The molecule has 24 heavy (non-hydrogen) atoms. The van der Waals surface area contributed by atoms with E-state index in [1.165, 1.54) is 6.07 Å². The lowest BCUT2D eigenvalue weighted by Gasteiger charge is -2.36. The summed E-state index contributed by atoms with van der Waals surface area (Å²) in [6.45, 7) is 11.4. The molecule has 134 valence electrons. The van der Waals surface area contributed by atoms with Gasteiger partial charge in [-0.3, -0.25) is 9.89 Å². The van der Waals surface area contributed by atoms with Gasteiger partial charge < -0.3 is 15.5 Å². The van der Waals surface area contributed by atoms with Gasteiger partial charge in [0.1, 0.15) is 5.82 Å². The highest BCUT2D eigenvalue weighted by Crippen LogP contribution is 2.20. The molecule has 1 aliphatic heterocycles. The SMILES string of the molecule is CCN(CC)C(N)=NCCCN1CCN(c2ccccc2F)CC1. The molecule has 0 bridgehead atoms. The third kappa shape index (κ3) is 5.09. The van der Waals surface area contributed by atoms with Crippen LogP contribution in [0, 0.1) is 5.82 Å². The Balaban J connectivity index is 1.70. The summed E-state index contributed by atoms with van der Waals surface area (Å²) in [5.41, 5.74) is 6.69. The van der Waals surface area contributed by atoms with E-state index < -0.39 is 0 Å². The van der Waals surface area contributed by atoms with Crippen molar-refractivity contribution in [1.29, 1.82) is 0 Å². The highest BCUT2D eigenvalue weighted by molar-refractivity contribution is 5.77. The standard InChI is InChI=1S/C18H30FN5/c1-3-23(4-2)18(20)21-10-7-11-22-12-14-24(15-13-22)17-9-6-5-8-16(17)19/h5-6,8-9H,3-4,7,10-15H2,1-2H3,(H2,20,21). The zero-order chi connectivity index (χ0) is 17.4. The lowest BCUT2D eigenvalue weighted by Crippen LogP contribution is -2.47. The van der Waals surface area contributed by atoms with E-state index in [2.05, 4.69) is 33.5 Å². The molecule has 2 N–H and O–H groups in total. The number of anilines is 1. The monoisotopic (exact) mass is 335 g/mol. The van der Waals surface area contributed by atoms with Crippen molar-refractivity contribution in [2.24, 2.45) is 10.7 Å². The summed E-state index contributed by atoms with van der Waals surface area (Å²) in [6.07, 6.45) is 1.00. The lowest BCUT2D eigenvalue weighted by molar-refractivity contribution is 0.255. The predicted molar refractivity (Wildman–Crippen MR) is 99.1 cm³/mol. The van der Waals surface area contributed by atoms with Crippen molar-refractivity contribution < 1.29 is 4.39 Å². The molecule has 0 atom stereocenters. The van der Waals surface area contributed by atoms with E-state index >= 15 is 0 Å². The second kappa shape index (κ2) is 9.47. The molecule has 6 heteroatoms. The zero-order valence-electron chi connectivity index (χ0n) is 14.9. The Bertz CT molecular complexity index is 522. The fourth-order valence-corrected chi connectivity index (χ4v) is 3.06. The van der Waals surface area contributed by atoms with Crippen LogP contribution in [0.15, 0.2) is 29.3 Å². The van der Waals surface area contributed by atoms with Gasteiger partial charge in [0.25, 0.3) is 0 Å². The van der Waals surface area contributed by atoms with Gasteiger partial charge >= 0.3 is 0 Å². The van der Waals surface area contributed by atoms with Crippen LogP contribution in [0.4, 0.5) is 10.1 Å². The Morgan fingerprint density at radius 2 is 1.83 bits per heavy atom. The average Bonchev–Trinajstić information content (AvgIpc) is 2.61. The van der Waals surface area contributed by atoms with Crippen molar-refractivity contribution in [2.45, 2.75) is 20.3 Å². The van der Waals surface area contributed by atoms with Gasteiger partial charge in [-0.1, -0.05) is 12.1 Å². The van der Waals surface area contributed by atoms with Crippen molar-refractivity contribution in [2.75, 3.05) is 57.3 Å². The molecule has 0 aromatic heterocycles. The fourth-order valence-electron chi connectivity index (χ4n) is 3.06. The summed E-state index contributed by atoms with van der Waals surface area (Å²) in [5.74, 6) is 0.511. The van der Waals surface area contributed by atoms with E-state index in [1.54, 1.807) is 6.07 Å². The van der Waals surface area contributed by atoms with Gasteiger partial charge in [0.2, 0.25) is 0 Å². The predicted octanol–water partition coefficient (Wildman–Crippen LogP) is 1.99. The zero-order valence-corrected chi connectivity index (χ0v) is 14.9. The average molecular weight is 335 g/mol. The number of benzene rings is 1. The number of aliphatic imine (C=N–C) groups is 1. The molecule has 0 aliphatic carbocycles. The molecule has 0 amide bonds. The van der Waals surface area contributed by atoms with Crippen LogP contribution in [0.5, 0.6) is 0 Å². The minimum Gasteiger partial charge on any atom is -0.370 e. The van der Waals surface area contributed by atoms with Crippen LogP contribution in [0.3, 0.4) is 0 Å². The van der Waals surface area contributed by atoms with E-state index in [0.29, 0.717) is 11.6 Å². The smallest absolute Gasteiger partial charge is 0.191 e. The van der Waals surface area contributed by atoms with Crippen LogP contribution in [-0.4, -0.2) is 68.1 Å². The van der Waals surface area contributed by atoms with E-state index in [9.17, 15) is 4.39 Å². The Kier molecular flexibility index (Phi) is 7.31. The molecule has 1 saturated heterocycles. The molecule has 1 aromatic rings. The van der Waals surface area contributed by atoms with Crippen LogP contribution in [0.1, 0.15) is 20.3 Å². The van der Waals surface area contributed by atoms with E-state index in [0.717, 1.165) is 58.8 Å². The van der Waals surface area contributed by atoms with Crippen molar-refractivity contribution in [3.05, 3.63) is 30.1 Å². The second-order valence-electron chi connectivity index (χ2n) is 6.05. The highest BCUT2D eigenvalue weighted by atomic mass is 19.1. The molecular formula is C18H30FN5. The topological polar surface area (TPSA) is 48.1 Å². The first-order valence-electron chi connectivity index (χ1n) is 8.92. The van der Waals surface area contributed by atoms with Crippen LogP contribution in [0.25, 0.3) is 0 Å². The molecule has 0 unspecified atom stereocenters. The number of piperazine rings is 1. The maximum atomic E-state index is 13.8. The number of guanidine groups is 1. The third-order valence-electron chi connectivity index (χ3n) is 4.56. The number of para-hydroxylation sites is 1. The lowest BCUT2D eigenvalue weighted by atomic mass is 10.2. The first-order chi connectivity index (χ1) is 11.7. The molecule has 1 aliphatic rings. The summed E-state index contributed by atoms with van der Waals surface area (Å²) in [6, 6.07) is 7.01. The van der Waals surface area contributed by atoms with Crippen molar-refractivity contribution in [3.63, 3.8) is 0 Å². The van der Waals surface area contributed by atoms with E-state index in [1.807, 2.05) is 12.1 Å². The van der Waals surface area contributed by atoms with Gasteiger partial charge in [-0.25, -0.2) is 4.39 Å². The number of halogens is 1. The Hall–Kier alpha value is -1.82. The number of nitrogens with two attached hydrogens (primary N) is 1. The molecule has 1 aromatic carbocycles. The van der Waals surface area contributed by atoms with Crippen molar-refractivity contribution in [1.82, 2.24) is 9.80 Å². The molecule has 0 saturated carbocycles. The van der Waals surface area contributed by atoms with Crippen LogP contribution >= 0.6 is 0 Å². The summed E-state index contributed by atoms with van der Waals surface area (Å²) in [7, 11) is 0. The van der Waals surface area contributed by atoms with Gasteiger partial charge in [0, 0.05) is 52.4 Å². The van der Waals surface area contributed by atoms with Gasteiger partial charge in [-0.05, 0) is 32.4 Å². The van der Waals surface area contributed by atoms with Crippen LogP contribution in [0.2, 0.25) is 0 Å². The first kappa shape index (κ1) is 18.5. The molecule has 0 spiro atoms. The quantitative estimate of drug-likeness (QED) is 0.470. The molecule has 5 nitrogen and oxygen atoms in total. The number of nitrogens with zero attached hydrogens (tertiary/aromatic N) is 4. The minimum atomic E-state index is -0.132. The van der Waals surface area contributed by atoms with Crippen LogP contribution < -0.4 is 10.6 Å². The maximum absolute atomic E-state index is 13.8. The number of hydrogen-bond donors (Lipinski definition) is 1. The summed E-state index contributed by atoms with van der Waals surface area (Å²) < 4.78 is 13.8. The molecule has 1 heterocycles. The summed E-state index contributed by atoms with van der Waals surface area (Å²) in [5, 5.41) is 0. The largest absolute Gasteiger partial charge is 0.370 e. The van der Waals surface area contributed by atoms with Crippen molar-refractivity contribution >= 4 is 11.6 Å². The molecule has 0 radical (unpaired) electrons. The second-order valence-corrected chi connectivity index (χ2v) is 6.05. The van der Waals surface area contributed by atoms with Crippen LogP contribution in [-0.2, 0) is 0 Å². The first-order valence-corrected chi connectivity index (χ1v) is 8.92. The highest BCUT2D eigenvalue weighted by Gasteiger charge is 2.18. The van der Waals surface area contributed by atoms with Gasteiger partial charge in [-0.2, -0.15) is 0 Å². The van der Waals surface area contributed by atoms with E-state index in [4.69, 9.17) is 5.73 Å². The third-order valence-corrected chi connectivity index (χ3v) is 4.56. The number of rotatable bonds is 7. The maximum Gasteiger partial charge on any atom is 0.191 e. The number of hydrogen-bond acceptors (Lipinski definition) is 3. The Morgan fingerprint density at radius 1 is 1.17 bits per heavy atom. The molecular weight excluding hydrogens is 305 g/mol. The summed E-state index contributed by atoms with van der Waals surface area (Å²) in [4.78, 5) is 11.1.